The van der Waals surface area contributed by atoms with E-state index < -0.39 is 0 Å². The van der Waals surface area contributed by atoms with Gasteiger partial charge in [-0.05, 0) is 30.9 Å². The molecule has 0 aromatic carbocycles. The normalized spacial score (nSPS) is 16.9. The summed E-state index contributed by atoms with van der Waals surface area (Å²) in [7, 11) is 0. The third kappa shape index (κ3) is 2.54. The molecule has 0 amide bonds. The molecule has 1 fully saturated rings. The van der Waals surface area contributed by atoms with Crippen molar-refractivity contribution in [2.24, 2.45) is 5.92 Å². The van der Waals surface area contributed by atoms with E-state index in [1.807, 2.05) is 35.4 Å². The van der Waals surface area contributed by atoms with Crippen LogP contribution in [0.4, 0.5) is 0 Å². The molecule has 0 bridgehead atoms. The Morgan fingerprint density at radius 2 is 2.17 bits per heavy atom. The van der Waals surface area contributed by atoms with Crippen molar-refractivity contribution in [3.05, 3.63) is 37.1 Å². The molecule has 0 N–H and O–H groups in total. The van der Waals surface area contributed by atoms with Crippen molar-refractivity contribution < 1.29 is 4.79 Å². The van der Waals surface area contributed by atoms with Gasteiger partial charge in [0.2, 0.25) is 0 Å². The summed E-state index contributed by atoms with van der Waals surface area (Å²) in [6.07, 6.45) is 13.7. The predicted octanol–water partition coefficient (Wildman–Crippen LogP) is 2.91. The molecule has 6 heteroatoms. The molecule has 0 spiro atoms. The highest BCUT2D eigenvalue weighted by atomic mass is 16.1. The van der Waals surface area contributed by atoms with Gasteiger partial charge in [-0.25, -0.2) is 9.50 Å². The van der Waals surface area contributed by atoms with Gasteiger partial charge in [0.1, 0.15) is 18.3 Å². The number of hydrogen-bond donors (Lipinski definition) is 0. The molecule has 0 radical (unpaired) electrons. The van der Waals surface area contributed by atoms with E-state index in [9.17, 15) is 4.79 Å². The molecule has 23 heavy (non-hydrogen) atoms. The van der Waals surface area contributed by atoms with E-state index in [1.54, 1.807) is 10.8 Å². The summed E-state index contributed by atoms with van der Waals surface area (Å²) in [5, 5.41) is 8.73. The van der Waals surface area contributed by atoms with Crippen LogP contribution in [0.1, 0.15) is 38.1 Å². The number of fused-ring (bicyclic) bond motifs is 1. The fourth-order valence-electron chi connectivity index (χ4n) is 3.69. The lowest BCUT2D eigenvalue weighted by Crippen LogP contribution is -2.18. The van der Waals surface area contributed by atoms with Crippen LogP contribution in [0, 0.1) is 5.92 Å². The van der Waals surface area contributed by atoms with Crippen molar-refractivity contribution in [3.63, 3.8) is 0 Å². The Morgan fingerprint density at radius 1 is 1.30 bits per heavy atom. The molecule has 1 saturated carbocycles. The molecular formula is C17H19N5O. The van der Waals surface area contributed by atoms with Gasteiger partial charge in [-0.15, -0.1) is 0 Å². The molecule has 3 aromatic heterocycles. The molecule has 0 saturated heterocycles. The number of rotatable bonds is 5. The maximum absolute atomic E-state index is 11.1. The maximum atomic E-state index is 11.1. The zero-order chi connectivity index (χ0) is 15.6. The van der Waals surface area contributed by atoms with Gasteiger partial charge in [-0.3, -0.25) is 4.68 Å². The quantitative estimate of drug-likeness (QED) is 0.680. The molecule has 1 aliphatic rings. The number of nitrogens with zero attached hydrogens (tertiary/aromatic N) is 5. The Labute approximate surface area is 134 Å². The van der Waals surface area contributed by atoms with E-state index in [0.29, 0.717) is 12.3 Å². The number of carbonyl (C=O) groups excluding carboxylic acids is 1. The summed E-state index contributed by atoms with van der Waals surface area (Å²) < 4.78 is 3.76. The molecule has 6 nitrogen and oxygen atoms in total. The van der Waals surface area contributed by atoms with Gasteiger partial charge in [0.25, 0.3) is 0 Å². The molecule has 3 heterocycles. The molecule has 118 valence electrons. The summed E-state index contributed by atoms with van der Waals surface area (Å²) in [5.41, 5.74) is 2.79. The first-order valence-corrected chi connectivity index (χ1v) is 8.13. The van der Waals surface area contributed by atoms with Gasteiger partial charge in [0, 0.05) is 24.4 Å². The van der Waals surface area contributed by atoms with Crippen molar-refractivity contribution in [3.8, 4) is 11.3 Å². The zero-order valence-corrected chi connectivity index (χ0v) is 12.9. The molecular weight excluding hydrogens is 290 g/mol. The van der Waals surface area contributed by atoms with Gasteiger partial charge < -0.3 is 4.79 Å². The van der Waals surface area contributed by atoms with Gasteiger partial charge in [-0.2, -0.15) is 10.2 Å². The van der Waals surface area contributed by atoms with Gasteiger partial charge in [0.15, 0.2) is 0 Å². The van der Waals surface area contributed by atoms with E-state index >= 15 is 0 Å². The fraction of sp³-hybridized carbons (Fsp3) is 0.412. The Balaban J connectivity index is 1.70. The smallest absolute Gasteiger partial charge is 0.137 e. The molecule has 0 aliphatic heterocycles. The highest BCUT2D eigenvalue weighted by Crippen LogP contribution is 2.36. The third-order valence-electron chi connectivity index (χ3n) is 4.83. The van der Waals surface area contributed by atoms with Crippen molar-refractivity contribution in [2.75, 3.05) is 0 Å². The second kappa shape index (κ2) is 5.95. The molecule has 1 aliphatic carbocycles. The predicted molar refractivity (Wildman–Crippen MR) is 85.9 cm³/mol. The van der Waals surface area contributed by atoms with Crippen molar-refractivity contribution in [1.82, 2.24) is 24.4 Å². The fourth-order valence-corrected chi connectivity index (χ4v) is 3.69. The minimum atomic E-state index is 0.161. The van der Waals surface area contributed by atoms with Crippen molar-refractivity contribution in [2.45, 2.75) is 38.1 Å². The highest BCUT2D eigenvalue weighted by molar-refractivity contribution is 5.75. The third-order valence-corrected chi connectivity index (χ3v) is 4.83. The van der Waals surface area contributed by atoms with E-state index in [-0.39, 0.29) is 6.04 Å². The number of carbonyl (C=O) groups is 1. The van der Waals surface area contributed by atoms with Crippen LogP contribution in [0.5, 0.6) is 0 Å². The van der Waals surface area contributed by atoms with Crippen LogP contribution in [0.2, 0.25) is 0 Å². The highest BCUT2D eigenvalue weighted by Gasteiger charge is 2.27. The Hall–Kier alpha value is -2.50. The zero-order valence-electron chi connectivity index (χ0n) is 12.9. The lowest BCUT2D eigenvalue weighted by Gasteiger charge is -2.21. The van der Waals surface area contributed by atoms with E-state index in [2.05, 4.69) is 15.2 Å². The Morgan fingerprint density at radius 3 is 3.00 bits per heavy atom. The van der Waals surface area contributed by atoms with Crippen LogP contribution in [0.25, 0.3) is 16.8 Å². The average Bonchev–Trinajstić information content (AvgIpc) is 3.32. The van der Waals surface area contributed by atoms with Crippen molar-refractivity contribution in [1.29, 1.82) is 0 Å². The minimum absolute atomic E-state index is 0.161. The second-order valence-corrected chi connectivity index (χ2v) is 6.17. The molecule has 1 atom stereocenters. The Bertz CT molecular complexity index is 815. The van der Waals surface area contributed by atoms with Crippen LogP contribution in [0.3, 0.4) is 0 Å². The monoisotopic (exact) mass is 309 g/mol. The Kier molecular flexibility index (Phi) is 3.65. The van der Waals surface area contributed by atoms with Gasteiger partial charge >= 0.3 is 0 Å². The van der Waals surface area contributed by atoms with Gasteiger partial charge in [-0.1, -0.05) is 12.8 Å². The molecule has 3 aromatic rings. The van der Waals surface area contributed by atoms with Gasteiger partial charge in [0.05, 0.1) is 17.8 Å². The van der Waals surface area contributed by atoms with Crippen LogP contribution >= 0.6 is 0 Å². The van der Waals surface area contributed by atoms with E-state index in [4.69, 9.17) is 0 Å². The maximum Gasteiger partial charge on any atom is 0.137 e. The summed E-state index contributed by atoms with van der Waals surface area (Å²) in [5.74, 6) is 0.548. The summed E-state index contributed by atoms with van der Waals surface area (Å²) in [4.78, 5) is 15.5. The number of aromatic nitrogens is 5. The lowest BCUT2D eigenvalue weighted by molar-refractivity contribution is -0.108. The first kappa shape index (κ1) is 14.1. The number of hydrogen-bond acceptors (Lipinski definition) is 4. The van der Waals surface area contributed by atoms with E-state index in [0.717, 1.165) is 23.1 Å². The second-order valence-electron chi connectivity index (χ2n) is 6.17. The molecule has 4 rings (SSSR count). The SMILES string of the molecule is O=CCC(C1CCCC1)n1cc(-c2ncnn3cccc23)cn1. The lowest BCUT2D eigenvalue weighted by atomic mass is 9.96. The number of aldehydes is 1. The summed E-state index contributed by atoms with van der Waals surface area (Å²) >= 11 is 0. The standard InChI is InChI=1S/C17H19N5O/c23-9-7-15(13-4-1-2-5-13)22-11-14(10-19-22)17-16-6-3-8-21(16)20-12-18-17/h3,6,8-13,15H,1-2,4-5,7H2. The minimum Gasteiger partial charge on any atom is -0.303 e. The topological polar surface area (TPSA) is 65.1 Å². The van der Waals surface area contributed by atoms with Crippen molar-refractivity contribution >= 4 is 11.8 Å². The first-order chi connectivity index (χ1) is 11.4. The van der Waals surface area contributed by atoms with Crippen LogP contribution in [-0.4, -0.2) is 30.7 Å². The largest absolute Gasteiger partial charge is 0.303 e. The molecule has 1 unspecified atom stereocenters. The first-order valence-electron chi connectivity index (χ1n) is 8.13. The van der Waals surface area contributed by atoms with Crippen LogP contribution in [0.15, 0.2) is 37.1 Å². The summed E-state index contributed by atoms with van der Waals surface area (Å²) in [6, 6.07) is 4.10. The van der Waals surface area contributed by atoms with Crippen LogP contribution < -0.4 is 0 Å². The van der Waals surface area contributed by atoms with Crippen LogP contribution in [-0.2, 0) is 4.79 Å². The van der Waals surface area contributed by atoms with E-state index in [1.165, 1.54) is 25.7 Å². The summed E-state index contributed by atoms with van der Waals surface area (Å²) in [6.45, 7) is 0. The average molecular weight is 309 g/mol.